The van der Waals surface area contributed by atoms with E-state index in [0.29, 0.717) is 25.3 Å². The number of ether oxygens (including phenoxy) is 1. The summed E-state index contributed by atoms with van der Waals surface area (Å²) in [5, 5.41) is 9.77. The number of carbonyl (C=O) groups excluding carboxylic acids is 1. The quantitative estimate of drug-likeness (QED) is 0.772. The van der Waals surface area contributed by atoms with E-state index in [1.54, 1.807) is 0 Å². The fourth-order valence-electron chi connectivity index (χ4n) is 1.73. The molecule has 0 aromatic carbocycles. The van der Waals surface area contributed by atoms with Crippen LogP contribution >= 0.6 is 0 Å². The zero-order valence-corrected chi connectivity index (χ0v) is 9.86. The topological polar surface area (TPSA) is 76.4 Å². The molecule has 1 fully saturated rings. The number of nitrogens with one attached hydrogen (secondary N) is 2. The number of carbonyl (C=O) groups is 1. The number of hydrogen-bond donors (Lipinski definition) is 2. The van der Waals surface area contributed by atoms with E-state index in [2.05, 4.69) is 15.8 Å². The first-order chi connectivity index (χ1) is 8.24. The number of amides is 1. The molecule has 0 bridgehead atoms. The predicted molar refractivity (Wildman–Crippen MR) is 60.3 cm³/mol. The van der Waals surface area contributed by atoms with Gasteiger partial charge in [-0.25, -0.2) is 0 Å². The molecular weight excluding hydrogens is 222 g/mol. The average molecular weight is 239 g/mol. The normalized spacial score (nSPS) is 20.2. The number of rotatable bonds is 4. The summed E-state index contributed by atoms with van der Waals surface area (Å²) in [5.41, 5.74) is 0.816. The third-order valence-electron chi connectivity index (χ3n) is 2.57. The predicted octanol–water partition coefficient (Wildman–Crippen LogP) is -0.0223. The van der Waals surface area contributed by atoms with Crippen LogP contribution in [0.2, 0.25) is 0 Å². The molecule has 1 aromatic heterocycles. The molecule has 1 atom stereocenters. The minimum absolute atomic E-state index is 0.0120. The highest BCUT2D eigenvalue weighted by Crippen LogP contribution is 2.02. The molecule has 1 aliphatic rings. The van der Waals surface area contributed by atoms with Crippen molar-refractivity contribution < 1.29 is 14.1 Å². The maximum Gasteiger partial charge on any atom is 0.222 e. The van der Waals surface area contributed by atoms with Gasteiger partial charge in [-0.1, -0.05) is 5.16 Å². The third-order valence-corrected chi connectivity index (χ3v) is 2.57. The number of hydrogen-bond acceptors (Lipinski definition) is 5. The second-order valence-electron chi connectivity index (χ2n) is 4.14. The van der Waals surface area contributed by atoms with Crippen molar-refractivity contribution in [2.45, 2.75) is 25.9 Å². The van der Waals surface area contributed by atoms with Crippen molar-refractivity contribution in [1.82, 2.24) is 15.8 Å². The zero-order chi connectivity index (χ0) is 12.1. The van der Waals surface area contributed by atoms with Gasteiger partial charge in [-0.15, -0.1) is 0 Å². The Balaban J connectivity index is 1.70. The van der Waals surface area contributed by atoms with E-state index in [1.807, 2.05) is 13.0 Å². The van der Waals surface area contributed by atoms with E-state index in [9.17, 15) is 4.79 Å². The highest BCUT2D eigenvalue weighted by molar-refractivity contribution is 5.76. The van der Waals surface area contributed by atoms with Gasteiger partial charge in [0.1, 0.15) is 0 Å². The maximum atomic E-state index is 11.6. The van der Waals surface area contributed by atoms with Gasteiger partial charge in [0.25, 0.3) is 0 Å². The third kappa shape index (κ3) is 3.83. The van der Waals surface area contributed by atoms with E-state index in [1.165, 1.54) is 0 Å². The van der Waals surface area contributed by atoms with Gasteiger partial charge >= 0.3 is 0 Å². The first-order valence-corrected chi connectivity index (χ1v) is 5.74. The van der Waals surface area contributed by atoms with Crippen LogP contribution in [0.1, 0.15) is 17.9 Å². The molecule has 0 spiro atoms. The monoisotopic (exact) mass is 239 g/mol. The number of aryl methyl sites for hydroxylation is 1. The molecule has 17 heavy (non-hydrogen) atoms. The van der Waals surface area contributed by atoms with Crippen LogP contribution in [-0.2, 0) is 16.1 Å². The van der Waals surface area contributed by atoms with Crippen molar-refractivity contribution in [2.24, 2.45) is 0 Å². The van der Waals surface area contributed by atoms with Gasteiger partial charge in [0.05, 0.1) is 25.5 Å². The molecule has 6 heteroatoms. The Morgan fingerprint density at radius 2 is 2.59 bits per heavy atom. The fraction of sp³-hybridized carbons (Fsp3) is 0.636. The van der Waals surface area contributed by atoms with Crippen LogP contribution in [0.5, 0.6) is 0 Å². The first-order valence-electron chi connectivity index (χ1n) is 5.74. The summed E-state index contributed by atoms with van der Waals surface area (Å²) < 4.78 is 10.3. The molecule has 1 aliphatic heterocycles. The van der Waals surface area contributed by atoms with Crippen molar-refractivity contribution in [2.75, 3.05) is 19.8 Å². The second kappa shape index (κ2) is 5.79. The Bertz CT molecular complexity index is 372. The number of morpholine rings is 1. The Morgan fingerprint density at radius 1 is 1.71 bits per heavy atom. The Morgan fingerprint density at radius 3 is 3.24 bits per heavy atom. The van der Waals surface area contributed by atoms with E-state index in [-0.39, 0.29) is 11.9 Å². The summed E-state index contributed by atoms with van der Waals surface area (Å²) in [4.78, 5) is 11.6. The van der Waals surface area contributed by atoms with Crippen LogP contribution in [0, 0.1) is 6.92 Å². The lowest BCUT2D eigenvalue weighted by atomic mass is 10.2. The van der Waals surface area contributed by atoms with Crippen LogP contribution in [0.3, 0.4) is 0 Å². The van der Waals surface area contributed by atoms with Gasteiger partial charge in [0.15, 0.2) is 5.76 Å². The average Bonchev–Trinajstić information content (AvgIpc) is 2.74. The minimum atomic E-state index is -0.0120. The van der Waals surface area contributed by atoms with Gasteiger partial charge < -0.3 is 19.9 Å². The molecule has 0 saturated carbocycles. The molecule has 1 saturated heterocycles. The number of nitrogens with zero attached hydrogens (tertiary/aromatic N) is 1. The summed E-state index contributed by atoms with van der Waals surface area (Å²) in [7, 11) is 0. The highest BCUT2D eigenvalue weighted by Gasteiger charge is 2.16. The van der Waals surface area contributed by atoms with E-state index in [4.69, 9.17) is 9.26 Å². The van der Waals surface area contributed by atoms with E-state index >= 15 is 0 Å². The molecule has 1 aromatic rings. The molecule has 2 N–H and O–H groups in total. The van der Waals surface area contributed by atoms with Crippen LogP contribution in [0.25, 0.3) is 0 Å². The summed E-state index contributed by atoms with van der Waals surface area (Å²) in [6, 6.07) is 1.92. The molecule has 0 aliphatic carbocycles. The summed E-state index contributed by atoms with van der Waals surface area (Å²) in [5.74, 6) is 0.658. The lowest BCUT2D eigenvalue weighted by Crippen LogP contribution is -2.44. The molecular formula is C11H17N3O3. The van der Waals surface area contributed by atoms with Crippen molar-refractivity contribution in [3.63, 3.8) is 0 Å². The molecule has 1 amide bonds. The van der Waals surface area contributed by atoms with Crippen LogP contribution in [-0.4, -0.2) is 36.9 Å². The molecule has 1 unspecified atom stereocenters. The highest BCUT2D eigenvalue weighted by atomic mass is 16.5. The molecule has 6 nitrogen and oxygen atoms in total. The van der Waals surface area contributed by atoms with Gasteiger partial charge in [-0.3, -0.25) is 4.79 Å². The minimum Gasteiger partial charge on any atom is -0.378 e. The SMILES string of the molecule is Cc1cc(CNC(=O)CC2COCCN2)on1. The molecule has 94 valence electrons. The molecule has 2 heterocycles. The molecule has 0 radical (unpaired) electrons. The Labute approximate surface area is 99.7 Å². The summed E-state index contributed by atoms with van der Waals surface area (Å²) in [6.45, 7) is 4.34. The number of aromatic nitrogens is 1. The van der Waals surface area contributed by atoms with Gasteiger partial charge in [0.2, 0.25) is 5.91 Å². The van der Waals surface area contributed by atoms with E-state index in [0.717, 1.165) is 18.8 Å². The molecule has 2 rings (SSSR count). The fourth-order valence-corrected chi connectivity index (χ4v) is 1.73. The largest absolute Gasteiger partial charge is 0.378 e. The summed E-state index contributed by atoms with van der Waals surface area (Å²) >= 11 is 0. The maximum absolute atomic E-state index is 11.6. The lowest BCUT2D eigenvalue weighted by Gasteiger charge is -2.23. The van der Waals surface area contributed by atoms with Gasteiger partial charge in [-0.2, -0.15) is 0 Å². The summed E-state index contributed by atoms with van der Waals surface area (Å²) in [6.07, 6.45) is 0.424. The standard InChI is InChI=1S/C11H17N3O3/c1-8-4-10(17-14-8)6-13-11(15)5-9-7-16-3-2-12-9/h4,9,12H,2-3,5-7H2,1H3,(H,13,15). The van der Waals surface area contributed by atoms with E-state index < -0.39 is 0 Å². The van der Waals surface area contributed by atoms with Crippen LogP contribution in [0.4, 0.5) is 0 Å². The smallest absolute Gasteiger partial charge is 0.222 e. The van der Waals surface area contributed by atoms with Gasteiger partial charge in [0, 0.05) is 25.1 Å². The first kappa shape index (κ1) is 12.1. The van der Waals surface area contributed by atoms with Crippen molar-refractivity contribution in [1.29, 1.82) is 0 Å². The second-order valence-corrected chi connectivity index (χ2v) is 4.14. The Hall–Kier alpha value is -1.40. The van der Waals surface area contributed by atoms with Crippen molar-refractivity contribution >= 4 is 5.91 Å². The Kier molecular flexibility index (Phi) is 4.11. The van der Waals surface area contributed by atoms with Crippen LogP contribution < -0.4 is 10.6 Å². The van der Waals surface area contributed by atoms with Crippen LogP contribution in [0.15, 0.2) is 10.6 Å². The van der Waals surface area contributed by atoms with Gasteiger partial charge in [-0.05, 0) is 6.92 Å². The van der Waals surface area contributed by atoms with Crippen molar-refractivity contribution in [3.05, 3.63) is 17.5 Å². The zero-order valence-electron chi connectivity index (χ0n) is 9.86. The van der Waals surface area contributed by atoms with Crippen molar-refractivity contribution in [3.8, 4) is 0 Å². The lowest BCUT2D eigenvalue weighted by molar-refractivity contribution is -0.122.